The first-order valence-corrected chi connectivity index (χ1v) is 9.08. The normalized spacial score (nSPS) is 11.8. The minimum Gasteiger partial charge on any atom is -0.356 e. The Balaban J connectivity index is 1.64. The number of aliphatic imine (C=N–C) groups is 1. The van der Waals surface area contributed by atoms with Crippen molar-refractivity contribution >= 4 is 11.6 Å². The van der Waals surface area contributed by atoms with E-state index in [1.807, 2.05) is 28.8 Å². The zero-order chi connectivity index (χ0) is 17.0. The predicted octanol–water partition coefficient (Wildman–Crippen LogP) is 3.14. The Morgan fingerprint density at radius 3 is 2.62 bits per heavy atom. The van der Waals surface area contributed by atoms with E-state index in [9.17, 15) is 0 Å². The Bertz CT molecular complexity index is 619. The van der Waals surface area contributed by atoms with Crippen LogP contribution < -0.4 is 10.6 Å². The molecule has 2 rings (SSSR count). The first-order valence-electron chi connectivity index (χ1n) is 9.08. The molecule has 0 aromatic carbocycles. The molecule has 6 heteroatoms. The lowest BCUT2D eigenvalue weighted by atomic mass is 10.1. The largest absolute Gasteiger partial charge is 0.356 e. The summed E-state index contributed by atoms with van der Waals surface area (Å²) in [6, 6.07) is 5.89. The third kappa shape index (κ3) is 5.83. The fourth-order valence-electron chi connectivity index (χ4n) is 2.68. The summed E-state index contributed by atoms with van der Waals surface area (Å²) in [5, 5.41) is 15.0. The summed E-state index contributed by atoms with van der Waals surface area (Å²) in [6.07, 6.45) is 11.2. The maximum absolute atomic E-state index is 4.26. The standard InChI is InChI=1S/C18H30N6/c1-3-4-5-6-7-8-10-13-20-18(19-2)21-15-17-23-22-16-12-9-11-14-24(16)17/h9,11-12,14H,3-8,10,13,15H2,1-2H3,(H2,19,20,21). The van der Waals surface area contributed by atoms with Gasteiger partial charge >= 0.3 is 0 Å². The van der Waals surface area contributed by atoms with E-state index in [-0.39, 0.29) is 0 Å². The average molecular weight is 330 g/mol. The summed E-state index contributed by atoms with van der Waals surface area (Å²) >= 11 is 0. The number of pyridine rings is 1. The van der Waals surface area contributed by atoms with Gasteiger partial charge < -0.3 is 10.6 Å². The molecule has 0 aliphatic heterocycles. The maximum atomic E-state index is 4.26. The highest BCUT2D eigenvalue weighted by molar-refractivity contribution is 5.79. The maximum Gasteiger partial charge on any atom is 0.191 e. The van der Waals surface area contributed by atoms with Crippen LogP contribution in [0.3, 0.4) is 0 Å². The van der Waals surface area contributed by atoms with Crippen molar-refractivity contribution in [1.82, 2.24) is 25.2 Å². The molecule has 24 heavy (non-hydrogen) atoms. The van der Waals surface area contributed by atoms with Gasteiger partial charge in [0.1, 0.15) is 0 Å². The zero-order valence-corrected chi connectivity index (χ0v) is 15.0. The number of rotatable bonds is 10. The first kappa shape index (κ1) is 18.2. The minimum atomic E-state index is 0.599. The number of aromatic nitrogens is 3. The molecule has 0 saturated carbocycles. The van der Waals surface area contributed by atoms with Gasteiger partial charge in [-0.3, -0.25) is 9.39 Å². The van der Waals surface area contributed by atoms with E-state index in [0.29, 0.717) is 6.54 Å². The number of nitrogens with zero attached hydrogens (tertiary/aromatic N) is 4. The third-order valence-electron chi connectivity index (χ3n) is 4.09. The lowest BCUT2D eigenvalue weighted by Gasteiger charge is -2.11. The number of nitrogens with one attached hydrogen (secondary N) is 2. The van der Waals surface area contributed by atoms with Crippen LogP contribution in [0.2, 0.25) is 0 Å². The lowest BCUT2D eigenvalue weighted by molar-refractivity contribution is 0.583. The highest BCUT2D eigenvalue weighted by atomic mass is 15.3. The average Bonchev–Trinajstić information content (AvgIpc) is 3.03. The summed E-state index contributed by atoms with van der Waals surface area (Å²) in [5.74, 6) is 1.69. The highest BCUT2D eigenvalue weighted by Crippen LogP contribution is 2.06. The number of guanidine groups is 1. The van der Waals surface area contributed by atoms with E-state index < -0.39 is 0 Å². The summed E-state index contributed by atoms with van der Waals surface area (Å²) in [4.78, 5) is 4.26. The van der Waals surface area contributed by atoms with Crippen LogP contribution in [0.15, 0.2) is 29.4 Å². The second kappa shape index (κ2) is 10.6. The van der Waals surface area contributed by atoms with Gasteiger partial charge in [0, 0.05) is 19.8 Å². The fraction of sp³-hybridized carbons (Fsp3) is 0.611. The van der Waals surface area contributed by atoms with Crippen molar-refractivity contribution in [1.29, 1.82) is 0 Å². The van der Waals surface area contributed by atoms with Gasteiger partial charge in [-0.25, -0.2) is 0 Å². The molecule has 0 spiro atoms. The van der Waals surface area contributed by atoms with Crippen LogP contribution >= 0.6 is 0 Å². The highest BCUT2D eigenvalue weighted by Gasteiger charge is 2.05. The van der Waals surface area contributed by atoms with Gasteiger partial charge in [-0.05, 0) is 18.6 Å². The van der Waals surface area contributed by atoms with Crippen LogP contribution in [-0.2, 0) is 6.54 Å². The second-order valence-corrected chi connectivity index (χ2v) is 6.02. The van der Waals surface area contributed by atoms with Crippen LogP contribution in [0.5, 0.6) is 0 Å². The van der Waals surface area contributed by atoms with Crippen molar-refractivity contribution in [2.45, 2.75) is 58.4 Å². The van der Waals surface area contributed by atoms with Gasteiger partial charge in [0.2, 0.25) is 0 Å². The minimum absolute atomic E-state index is 0.599. The SMILES string of the molecule is CCCCCCCCCNC(=NC)NCc1nnc2ccccn12. The number of hydrogen-bond acceptors (Lipinski definition) is 3. The molecule has 0 fully saturated rings. The first-order chi connectivity index (χ1) is 11.8. The number of hydrogen-bond donors (Lipinski definition) is 2. The summed E-state index contributed by atoms with van der Waals surface area (Å²) < 4.78 is 1.98. The Morgan fingerprint density at radius 2 is 1.83 bits per heavy atom. The second-order valence-electron chi connectivity index (χ2n) is 6.02. The van der Waals surface area contributed by atoms with Crippen molar-refractivity contribution in [2.75, 3.05) is 13.6 Å². The fourth-order valence-corrected chi connectivity index (χ4v) is 2.68. The molecule has 6 nitrogen and oxygen atoms in total. The van der Waals surface area contributed by atoms with E-state index in [2.05, 4.69) is 32.7 Å². The topological polar surface area (TPSA) is 66.6 Å². The van der Waals surface area contributed by atoms with Crippen molar-refractivity contribution in [2.24, 2.45) is 4.99 Å². The van der Waals surface area contributed by atoms with Gasteiger partial charge in [-0.2, -0.15) is 0 Å². The van der Waals surface area contributed by atoms with Gasteiger partial charge in [0.15, 0.2) is 17.4 Å². The number of fused-ring (bicyclic) bond motifs is 1. The Hall–Kier alpha value is -2.11. The van der Waals surface area contributed by atoms with Gasteiger partial charge in [-0.15, -0.1) is 10.2 Å². The van der Waals surface area contributed by atoms with E-state index >= 15 is 0 Å². The number of unbranched alkanes of at least 4 members (excludes halogenated alkanes) is 6. The Labute approximate surface area is 144 Å². The molecule has 0 radical (unpaired) electrons. The molecule has 0 amide bonds. The molecule has 0 aliphatic carbocycles. The lowest BCUT2D eigenvalue weighted by Crippen LogP contribution is -2.37. The zero-order valence-electron chi connectivity index (χ0n) is 15.0. The van der Waals surface area contributed by atoms with Crippen molar-refractivity contribution in [3.8, 4) is 0 Å². The molecular weight excluding hydrogens is 300 g/mol. The molecule has 0 bridgehead atoms. The molecule has 2 N–H and O–H groups in total. The molecule has 0 saturated heterocycles. The molecular formula is C18H30N6. The monoisotopic (exact) mass is 330 g/mol. The van der Waals surface area contributed by atoms with E-state index in [1.54, 1.807) is 7.05 Å². The van der Waals surface area contributed by atoms with E-state index in [4.69, 9.17) is 0 Å². The van der Waals surface area contributed by atoms with Crippen LogP contribution in [0, 0.1) is 0 Å². The van der Waals surface area contributed by atoms with Crippen molar-refractivity contribution < 1.29 is 0 Å². The predicted molar refractivity (Wildman–Crippen MR) is 99.2 cm³/mol. The molecule has 0 unspecified atom stereocenters. The molecule has 132 valence electrons. The molecule has 2 aromatic heterocycles. The van der Waals surface area contributed by atoms with Crippen molar-refractivity contribution in [3.63, 3.8) is 0 Å². The van der Waals surface area contributed by atoms with Crippen LogP contribution in [0.4, 0.5) is 0 Å². The van der Waals surface area contributed by atoms with Crippen LogP contribution in [-0.4, -0.2) is 34.2 Å². The Morgan fingerprint density at radius 1 is 1.04 bits per heavy atom. The van der Waals surface area contributed by atoms with Gasteiger partial charge in [0.05, 0.1) is 6.54 Å². The quantitative estimate of drug-likeness (QED) is 0.399. The van der Waals surface area contributed by atoms with Crippen LogP contribution in [0.25, 0.3) is 5.65 Å². The molecule has 0 aliphatic rings. The van der Waals surface area contributed by atoms with E-state index in [0.717, 1.165) is 24.0 Å². The molecule has 2 heterocycles. The van der Waals surface area contributed by atoms with Gasteiger partial charge in [0.25, 0.3) is 0 Å². The van der Waals surface area contributed by atoms with Gasteiger partial charge in [-0.1, -0.05) is 51.5 Å². The van der Waals surface area contributed by atoms with E-state index in [1.165, 1.54) is 44.9 Å². The van der Waals surface area contributed by atoms with Crippen molar-refractivity contribution in [3.05, 3.63) is 30.2 Å². The molecule has 0 atom stereocenters. The molecule has 2 aromatic rings. The summed E-state index contributed by atoms with van der Waals surface area (Å²) in [5.41, 5.74) is 0.861. The summed E-state index contributed by atoms with van der Waals surface area (Å²) in [7, 11) is 1.79. The third-order valence-corrected chi connectivity index (χ3v) is 4.09. The smallest absolute Gasteiger partial charge is 0.191 e. The Kier molecular flexibility index (Phi) is 8.07. The summed E-state index contributed by atoms with van der Waals surface area (Å²) in [6.45, 7) is 3.81. The van der Waals surface area contributed by atoms with Crippen LogP contribution in [0.1, 0.15) is 57.7 Å².